The number of halogens is 1. The van der Waals surface area contributed by atoms with Gasteiger partial charge >= 0.3 is 0 Å². The van der Waals surface area contributed by atoms with Crippen LogP contribution in [0.15, 0.2) is 47.0 Å². The Morgan fingerprint density at radius 2 is 1.87 bits per heavy atom. The van der Waals surface area contributed by atoms with Crippen LogP contribution in [-0.2, 0) is 11.3 Å². The van der Waals surface area contributed by atoms with E-state index in [2.05, 4.69) is 10.2 Å². The molecule has 1 saturated heterocycles. The average molecular weight is 409 g/mol. The van der Waals surface area contributed by atoms with Crippen LogP contribution < -0.4 is 4.90 Å². The lowest BCUT2D eigenvalue weighted by Gasteiger charge is -2.36. The molecule has 0 radical (unpaired) electrons. The van der Waals surface area contributed by atoms with Gasteiger partial charge in [-0.1, -0.05) is 18.6 Å². The molecule has 0 N–H and O–H groups in total. The van der Waals surface area contributed by atoms with Crippen LogP contribution >= 0.6 is 0 Å². The zero-order valence-electron chi connectivity index (χ0n) is 16.7. The predicted molar refractivity (Wildman–Crippen MR) is 110 cm³/mol. The van der Waals surface area contributed by atoms with E-state index in [0.29, 0.717) is 49.6 Å². The van der Waals surface area contributed by atoms with Crippen LogP contribution in [0.2, 0.25) is 0 Å². The molecule has 0 unspecified atom stereocenters. The monoisotopic (exact) mass is 409 g/mol. The number of amides is 1. The molecule has 1 aliphatic heterocycles. The molecule has 2 aliphatic rings. The number of nitrogens with zero attached hydrogens (tertiary/aromatic N) is 5. The number of carbonyl (C=O) groups excluding carboxylic acids is 1. The van der Waals surface area contributed by atoms with Gasteiger partial charge in [-0.05, 0) is 37.1 Å². The van der Waals surface area contributed by atoms with Gasteiger partial charge in [-0.3, -0.25) is 4.79 Å². The van der Waals surface area contributed by atoms with Crippen molar-refractivity contribution in [2.45, 2.75) is 31.7 Å². The number of piperazine rings is 1. The maximum absolute atomic E-state index is 14.0. The van der Waals surface area contributed by atoms with E-state index in [4.69, 9.17) is 4.42 Å². The van der Waals surface area contributed by atoms with E-state index in [1.807, 2.05) is 38.8 Å². The number of aromatic nitrogens is 3. The minimum absolute atomic E-state index is 0.0272. The smallest absolute Gasteiger partial charge is 0.264 e. The van der Waals surface area contributed by atoms with Crippen molar-refractivity contribution in [1.29, 1.82) is 0 Å². The van der Waals surface area contributed by atoms with Crippen LogP contribution in [0, 0.1) is 5.82 Å². The Morgan fingerprint density at radius 3 is 2.60 bits per heavy atom. The highest BCUT2D eigenvalue weighted by atomic mass is 19.1. The number of para-hydroxylation sites is 1. The first kappa shape index (κ1) is 18.8. The Labute approximate surface area is 174 Å². The zero-order chi connectivity index (χ0) is 20.5. The van der Waals surface area contributed by atoms with E-state index in [1.165, 1.54) is 12.5 Å². The van der Waals surface area contributed by atoms with Crippen LogP contribution in [0.4, 0.5) is 10.1 Å². The largest absolute Gasteiger partial charge is 0.419 e. The number of rotatable bonds is 5. The first-order valence-corrected chi connectivity index (χ1v) is 10.5. The maximum atomic E-state index is 14.0. The molecule has 156 valence electrons. The summed E-state index contributed by atoms with van der Waals surface area (Å²) in [6.07, 6.45) is 5.26. The molecule has 3 aromatic rings. The molecule has 1 aliphatic carbocycles. The molecule has 8 heteroatoms. The van der Waals surface area contributed by atoms with Gasteiger partial charge in [0.25, 0.3) is 5.89 Å². The third-order valence-corrected chi connectivity index (χ3v) is 6.07. The number of anilines is 1. The second-order valence-corrected chi connectivity index (χ2v) is 7.91. The van der Waals surface area contributed by atoms with Crippen molar-refractivity contribution < 1.29 is 13.6 Å². The maximum Gasteiger partial charge on any atom is 0.264 e. The Hall–Kier alpha value is -3.16. The summed E-state index contributed by atoms with van der Waals surface area (Å²) >= 11 is 0. The summed E-state index contributed by atoms with van der Waals surface area (Å²) in [6.45, 7) is 2.56. The molecule has 7 nitrogen and oxygen atoms in total. The minimum Gasteiger partial charge on any atom is -0.419 e. The van der Waals surface area contributed by atoms with Crippen molar-refractivity contribution in [1.82, 2.24) is 19.7 Å². The van der Waals surface area contributed by atoms with Gasteiger partial charge < -0.3 is 18.8 Å². The van der Waals surface area contributed by atoms with E-state index in [9.17, 15) is 9.18 Å². The van der Waals surface area contributed by atoms with Crippen molar-refractivity contribution in [3.63, 3.8) is 0 Å². The van der Waals surface area contributed by atoms with Crippen LogP contribution in [0.1, 0.15) is 31.1 Å². The fraction of sp³-hybridized carbons (Fsp3) is 0.409. The van der Waals surface area contributed by atoms with Gasteiger partial charge in [-0.25, -0.2) is 4.39 Å². The molecular weight excluding hydrogens is 385 g/mol. The standard InChI is InChI=1S/C22H24FN5O2/c23-17-7-1-2-8-18(17)26-11-13-27(14-12-26)20(29)15-28-10-4-9-19(28)22-25-24-21(30-22)16-5-3-6-16/h1-2,4,7-10,16H,3,5-6,11-15H2. The third kappa shape index (κ3) is 3.58. The summed E-state index contributed by atoms with van der Waals surface area (Å²) in [7, 11) is 0. The summed E-state index contributed by atoms with van der Waals surface area (Å²) < 4.78 is 21.7. The quantitative estimate of drug-likeness (QED) is 0.647. The first-order valence-electron chi connectivity index (χ1n) is 10.5. The molecule has 3 heterocycles. The topological polar surface area (TPSA) is 67.4 Å². The molecule has 0 bridgehead atoms. The molecule has 0 spiro atoms. The van der Waals surface area contributed by atoms with E-state index in [-0.39, 0.29) is 18.3 Å². The average Bonchev–Trinajstić information content (AvgIpc) is 3.37. The van der Waals surface area contributed by atoms with Gasteiger partial charge in [0.1, 0.15) is 18.1 Å². The highest BCUT2D eigenvalue weighted by molar-refractivity contribution is 5.77. The molecule has 2 fully saturated rings. The molecule has 2 aromatic heterocycles. The van der Waals surface area contributed by atoms with E-state index in [1.54, 1.807) is 12.1 Å². The summed E-state index contributed by atoms with van der Waals surface area (Å²) in [5, 5.41) is 8.38. The van der Waals surface area contributed by atoms with Crippen LogP contribution in [0.3, 0.4) is 0 Å². The zero-order valence-corrected chi connectivity index (χ0v) is 16.7. The lowest BCUT2D eigenvalue weighted by molar-refractivity contribution is -0.132. The first-order chi connectivity index (χ1) is 14.7. The normalized spacial score (nSPS) is 17.2. The summed E-state index contributed by atoms with van der Waals surface area (Å²) in [4.78, 5) is 16.7. The van der Waals surface area contributed by atoms with E-state index >= 15 is 0 Å². The lowest BCUT2D eigenvalue weighted by Crippen LogP contribution is -2.49. The van der Waals surface area contributed by atoms with Crippen LogP contribution in [0.25, 0.3) is 11.6 Å². The van der Waals surface area contributed by atoms with Gasteiger partial charge in [0, 0.05) is 38.3 Å². The van der Waals surface area contributed by atoms with Crippen molar-refractivity contribution in [2.24, 2.45) is 0 Å². The van der Waals surface area contributed by atoms with Gasteiger partial charge in [0.15, 0.2) is 0 Å². The third-order valence-electron chi connectivity index (χ3n) is 6.07. The van der Waals surface area contributed by atoms with Crippen LogP contribution in [0.5, 0.6) is 0 Å². The van der Waals surface area contributed by atoms with Crippen molar-refractivity contribution in [2.75, 3.05) is 31.1 Å². The SMILES string of the molecule is O=C(Cn1cccc1-c1nnc(C2CCC2)o1)N1CCN(c2ccccc2F)CC1. The summed E-state index contributed by atoms with van der Waals surface area (Å²) in [5.74, 6) is 1.33. The van der Waals surface area contributed by atoms with E-state index < -0.39 is 0 Å². The van der Waals surface area contributed by atoms with Gasteiger partial charge in [0.05, 0.1) is 5.69 Å². The van der Waals surface area contributed by atoms with E-state index in [0.717, 1.165) is 18.5 Å². The summed E-state index contributed by atoms with van der Waals surface area (Å²) in [6, 6.07) is 10.5. The molecule has 5 rings (SSSR count). The van der Waals surface area contributed by atoms with Gasteiger partial charge in [-0.2, -0.15) is 0 Å². The number of benzene rings is 1. The fourth-order valence-corrected chi connectivity index (χ4v) is 4.06. The van der Waals surface area contributed by atoms with Crippen molar-refractivity contribution in [3.8, 4) is 11.6 Å². The highest BCUT2D eigenvalue weighted by Gasteiger charge is 2.27. The number of carbonyl (C=O) groups is 1. The molecule has 30 heavy (non-hydrogen) atoms. The molecule has 1 saturated carbocycles. The molecule has 0 atom stereocenters. The fourth-order valence-electron chi connectivity index (χ4n) is 4.06. The predicted octanol–water partition coefficient (Wildman–Crippen LogP) is 3.29. The van der Waals surface area contributed by atoms with Crippen LogP contribution in [-0.4, -0.2) is 51.8 Å². The Balaban J connectivity index is 1.22. The Bertz CT molecular complexity index is 1030. The highest BCUT2D eigenvalue weighted by Crippen LogP contribution is 2.36. The minimum atomic E-state index is -0.227. The number of hydrogen-bond donors (Lipinski definition) is 0. The lowest BCUT2D eigenvalue weighted by atomic mass is 9.85. The second-order valence-electron chi connectivity index (χ2n) is 7.91. The van der Waals surface area contributed by atoms with Crippen molar-refractivity contribution in [3.05, 3.63) is 54.3 Å². The number of hydrogen-bond acceptors (Lipinski definition) is 5. The second kappa shape index (κ2) is 7.93. The van der Waals surface area contributed by atoms with Gasteiger partial charge in [0.2, 0.25) is 11.8 Å². The molecule has 1 aromatic carbocycles. The molecule has 1 amide bonds. The Morgan fingerprint density at radius 1 is 1.07 bits per heavy atom. The van der Waals surface area contributed by atoms with Crippen molar-refractivity contribution >= 4 is 11.6 Å². The molecular formula is C22H24FN5O2. The van der Waals surface area contributed by atoms with Gasteiger partial charge in [-0.15, -0.1) is 10.2 Å². The Kier molecular flexibility index (Phi) is 4.98. The summed E-state index contributed by atoms with van der Waals surface area (Å²) in [5.41, 5.74) is 1.35.